The van der Waals surface area contributed by atoms with Gasteiger partial charge < -0.3 is 15.2 Å². The molecular weight excluding hydrogens is 513 g/mol. The van der Waals surface area contributed by atoms with Crippen LogP contribution in [0.3, 0.4) is 0 Å². The summed E-state index contributed by atoms with van der Waals surface area (Å²) in [7, 11) is 1.80. The SMILES string of the molecule is C=C(NC)c1cc(CCc2cc(C(=O)Nc3cc(-n4ccc(C)c4)cc(C(F)(F)F)c3)ccc2CCC)ccn1. The molecule has 0 aliphatic rings. The Kier molecular flexibility index (Phi) is 8.77. The maximum atomic E-state index is 13.7. The Bertz CT molecular complexity index is 1520. The minimum absolute atomic E-state index is 0.0782. The Hall–Kier alpha value is -4.33. The molecule has 0 spiro atoms. The third-order valence-corrected chi connectivity index (χ3v) is 6.75. The molecule has 0 saturated heterocycles. The van der Waals surface area contributed by atoms with Gasteiger partial charge in [0, 0.05) is 42.6 Å². The van der Waals surface area contributed by atoms with Crippen molar-refractivity contribution in [3.63, 3.8) is 0 Å². The highest BCUT2D eigenvalue weighted by Crippen LogP contribution is 2.33. The Balaban J connectivity index is 1.59. The minimum Gasteiger partial charge on any atom is -0.387 e. The number of alkyl halides is 3. The van der Waals surface area contributed by atoms with E-state index in [1.165, 1.54) is 0 Å². The van der Waals surface area contributed by atoms with E-state index in [0.717, 1.165) is 65.0 Å². The molecule has 0 aliphatic heterocycles. The number of hydrogen-bond donors (Lipinski definition) is 2. The van der Waals surface area contributed by atoms with E-state index in [4.69, 9.17) is 0 Å². The Morgan fingerprint density at radius 3 is 2.48 bits per heavy atom. The monoisotopic (exact) mass is 546 g/mol. The normalized spacial score (nSPS) is 11.3. The van der Waals surface area contributed by atoms with Gasteiger partial charge in [-0.25, -0.2) is 0 Å². The number of carbonyl (C=O) groups excluding carboxylic acids is 1. The predicted octanol–water partition coefficient (Wildman–Crippen LogP) is 7.38. The fourth-order valence-corrected chi connectivity index (χ4v) is 4.58. The number of rotatable bonds is 10. The molecule has 8 heteroatoms. The molecule has 0 bridgehead atoms. The molecule has 2 heterocycles. The van der Waals surface area contributed by atoms with Gasteiger partial charge in [0.2, 0.25) is 0 Å². The number of carbonyl (C=O) groups is 1. The molecule has 4 aromatic rings. The third-order valence-electron chi connectivity index (χ3n) is 6.75. The van der Waals surface area contributed by atoms with Crippen LogP contribution in [-0.4, -0.2) is 22.5 Å². The molecule has 1 amide bonds. The largest absolute Gasteiger partial charge is 0.416 e. The lowest BCUT2D eigenvalue weighted by Gasteiger charge is -2.15. The summed E-state index contributed by atoms with van der Waals surface area (Å²) in [5, 5.41) is 5.70. The summed E-state index contributed by atoms with van der Waals surface area (Å²) in [6, 6.07) is 14.9. The van der Waals surface area contributed by atoms with Crippen molar-refractivity contribution < 1.29 is 18.0 Å². The van der Waals surface area contributed by atoms with Crippen LogP contribution in [-0.2, 0) is 25.4 Å². The molecule has 0 aliphatic carbocycles. The number of pyridine rings is 1. The van der Waals surface area contributed by atoms with Crippen molar-refractivity contribution in [3.8, 4) is 5.69 Å². The highest BCUT2D eigenvalue weighted by atomic mass is 19.4. The van der Waals surface area contributed by atoms with Gasteiger partial charge in [0.25, 0.3) is 5.91 Å². The molecule has 0 radical (unpaired) electrons. The number of benzene rings is 2. The lowest BCUT2D eigenvalue weighted by Crippen LogP contribution is -2.15. The van der Waals surface area contributed by atoms with Crippen molar-refractivity contribution in [2.75, 3.05) is 12.4 Å². The van der Waals surface area contributed by atoms with Crippen LogP contribution in [0, 0.1) is 6.92 Å². The van der Waals surface area contributed by atoms with E-state index in [2.05, 4.69) is 29.1 Å². The highest BCUT2D eigenvalue weighted by Gasteiger charge is 2.31. The first-order chi connectivity index (χ1) is 19.1. The van der Waals surface area contributed by atoms with Crippen LogP contribution in [0.25, 0.3) is 11.4 Å². The number of amides is 1. The molecular formula is C32H33F3N4O. The standard InChI is InChI=1S/C32H33F3N4O/c1-5-6-24-9-10-26(16-25(24)8-7-23-11-13-37-30(15-23)22(3)36-4)31(40)38-28-17-27(32(33,34)35)18-29(19-28)39-14-12-21(2)20-39/h9-20,36H,3,5-8H2,1-2,4H3,(H,38,40). The minimum atomic E-state index is -4.56. The van der Waals surface area contributed by atoms with Crippen LogP contribution >= 0.6 is 0 Å². The zero-order chi connectivity index (χ0) is 28.9. The summed E-state index contributed by atoms with van der Waals surface area (Å²) in [5.41, 5.74) is 5.66. The van der Waals surface area contributed by atoms with Gasteiger partial charge in [-0.3, -0.25) is 9.78 Å². The van der Waals surface area contributed by atoms with Gasteiger partial charge in [-0.2, -0.15) is 13.2 Å². The highest BCUT2D eigenvalue weighted by molar-refractivity contribution is 6.04. The molecule has 0 saturated carbocycles. The second kappa shape index (κ2) is 12.2. The number of aromatic nitrogens is 2. The topological polar surface area (TPSA) is 59.0 Å². The van der Waals surface area contributed by atoms with Crippen molar-refractivity contribution in [2.45, 2.75) is 45.7 Å². The third kappa shape index (κ3) is 7.00. The van der Waals surface area contributed by atoms with E-state index in [1.807, 2.05) is 37.3 Å². The predicted molar refractivity (Wildman–Crippen MR) is 154 cm³/mol. The van der Waals surface area contributed by atoms with Crippen LogP contribution in [0.4, 0.5) is 18.9 Å². The average molecular weight is 547 g/mol. The number of nitrogens with one attached hydrogen (secondary N) is 2. The molecule has 2 N–H and O–H groups in total. The van der Waals surface area contributed by atoms with E-state index < -0.39 is 17.6 Å². The van der Waals surface area contributed by atoms with E-state index >= 15 is 0 Å². The molecule has 4 rings (SSSR count). The van der Waals surface area contributed by atoms with E-state index in [9.17, 15) is 18.0 Å². The van der Waals surface area contributed by atoms with Crippen LogP contribution in [0.5, 0.6) is 0 Å². The molecule has 40 heavy (non-hydrogen) atoms. The number of halogens is 3. The maximum Gasteiger partial charge on any atom is 0.416 e. The quantitative estimate of drug-likeness (QED) is 0.218. The molecule has 2 aromatic heterocycles. The molecule has 0 fully saturated rings. The molecule has 2 aromatic carbocycles. The van der Waals surface area contributed by atoms with Gasteiger partial charge in [0.05, 0.1) is 17.0 Å². The van der Waals surface area contributed by atoms with Crippen molar-refractivity contribution in [2.24, 2.45) is 0 Å². The summed E-state index contributed by atoms with van der Waals surface area (Å²) in [6.07, 6.45) is 3.87. The van der Waals surface area contributed by atoms with Crippen LogP contribution < -0.4 is 10.6 Å². The lowest BCUT2D eigenvalue weighted by atomic mass is 9.95. The second-order valence-corrected chi connectivity index (χ2v) is 9.83. The zero-order valence-electron chi connectivity index (χ0n) is 22.9. The van der Waals surface area contributed by atoms with Gasteiger partial charge in [0.15, 0.2) is 0 Å². The maximum absolute atomic E-state index is 13.7. The summed E-state index contributed by atoms with van der Waals surface area (Å²) >= 11 is 0. The van der Waals surface area contributed by atoms with Gasteiger partial charge in [0.1, 0.15) is 0 Å². The average Bonchev–Trinajstić information content (AvgIpc) is 3.38. The van der Waals surface area contributed by atoms with E-state index in [-0.39, 0.29) is 5.69 Å². The van der Waals surface area contributed by atoms with Gasteiger partial charge in [-0.05, 0) is 97.0 Å². The number of nitrogens with zero attached hydrogens (tertiary/aromatic N) is 2. The first-order valence-electron chi connectivity index (χ1n) is 13.2. The zero-order valence-corrected chi connectivity index (χ0v) is 22.9. The molecule has 208 valence electrons. The fourth-order valence-electron chi connectivity index (χ4n) is 4.58. The Labute approximate surface area is 232 Å². The summed E-state index contributed by atoms with van der Waals surface area (Å²) in [4.78, 5) is 17.6. The summed E-state index contributed by atoms with van der Waals surface area (Å²) < 4.78 is 42.6. The number of hydrogen-bond acceptors (Lipinski definition) is 3. The first kappa shape index (κ1) is 28.7. The lowest BCUT2D eigenvalue weighted by molar-refractivity contribution is -0.137. The number of aryl methyl sites for hydroxylation is 4. The van der Waals surface area contributed by atoms with Gasteiger partial charge >= 0.3 is 6.18 Å². The Morgan fingerprint density at radius 2 is 1.80 bits per heavy atom. The first-order valence-corrected chi connectivity index (χ1v) is 13.2. The van der Waals surface area contributed by atoms with Gasteiger partial charge in [-0.1, -0.05) is 26.0 Å². The van der Waals surface area contributed by atoms with Gasteiger partial charge in [-0.15, -0.1) is 0 Å². The summed E-state index contributed by atoms with van der Waals surface area (Å²) in [6.45, 7) is 7.93. The number of anilines is 1. The summed E-state index contributed by atoms with van der Waals surface area (Å²) in [5.74, 6) is -0.463. The van der Waals surface area contributed by atoms with Crippen molar-refractivity contribution >= 4 is 17.3 Å². The van der Waals surface area contributed by atoms with Crippen molar-refractivity contribution in [3.05, 3.63) is 119 Å². The van der Waals surface area contributed by atoms with Crippen molar-refractivity contribution in [1.82, 2.24) is 14.9 Å². The smallest absolute Gasteiger partial charge is 0.387 e. The molecule has 0 unspecified atom stereocenters. The Morgan fingerprint density at radius 1 is 1.00 bits per heavy atom. The molecule has 0 atom stereocenters. The van der Waals surface area contributed by atoms with Crippen LogP contribution in [0.15, 0.2) is 79.8 Å². The van der Waals surface area contributed by atoms with E-state index in [1.54, 1.807) is 42.3 Å². The van der Waals surface area contributed by atoms with E-state index in [0.29, 0.717) is 17.7 Å². The molecule has 5 nitrogen and oxygen atoms in total. The van der Waals surface area contributed by atoms with Crippen LogP contribution in [0.1, 0.15) is 57.2 Å². The fraction of sp³-hybridized carbons (Fsp3) is 0.250. The second-order valence-electron chi connectivity index (χ2n) is 9.83. The van der Waals surface area contributed by atoms with Crippen LogP contribution in [0.2, 0.25) is 0 Å². The van der Waals surface area contributed by atoms with Crippen molar-refractivity contribution in [1.29, 1.82) is 0 Å².